The van der Waals surface area contributed by atoms with E-state index in [1.54, 1.807) is 36.1 Å². The van der Waals surface area contributed by atoms with Gasteiger partial charge in [-0.1, -0.05) is 25.6 Å². The molecule has 1 unspecified atom stereocenters. The third-order valence-corrected chi connectivity index (χ3v) is 5.66. The van der Waals surface area contributed by atoms with Gasteiger partial charge < -0.3 is 19.9 Å². The SMILES string of the molecule is C=C(C)COc1ccc(C2(C)NC(=O)N(CC(=O)N3CCN(CC)CC3)C2=O)cc1. The Morgan fingerprint density at radius 1 is 1.17 bits per heavy atom. The molecular weight excluding hydrogens is 384 g/mol. The van der Waals surface area contributed by atoms with E-state index in [0.29, 0.717) is 31.0 Å². The maximum Gasteiger partial charge on any atom is 0.325 e. The Bertz CT molecular complexity index is 830. The summed E-state index contributed by atoms with van der Waals surface area (Å²) >= 11 is 0. The Balaban J connectivity index is 1.66. The number of nitrogens with one attached hydrogen (secondary N) is 1. The number of likely N-dealkylation sites (N-methyl/N-ethyl adjacent to an activating group) is 1. The van der Waals surface area contributed by atoms with Crippen LogP contribution in [0.5, 0.6) is 5.75 Å². The fourth-order valence-corrected chi connectivity index (χ4v) is 3.68. The summed E-state index contributed by atoms with van der Waals surface area (Å²) in [6.45, 7) is 13.4. The molecule has 1 aromatic carbocycles. The monoisotopic (exact) mass is 414 g/mol. The number of ether oxygens (including phenoxy) is 1. The first kappa shape index (κ1) is 21.8. The number of carbonyl (C=O) groups is 3. The van der Waals surface area contributed by atoms with Crippen molar-refractivity contribution < 1.29 is 19.1 Å². The van der Waals surface area contributed by atoms with Crippen molar-refractivity contribution in [2.45, 2.75) is 26.3 Å². The molecule has 1 aromatic rings. The number of urea groups is 1. The van der Waals surface area contributed by atoms with Crippen LogP contribution in [0.1, 0.15) is 26.3 Å². The Kier molecular flexibility index (Phi) is 6.45. The highest BCUT2D eigenvalue weighted by molar-refractivity contribution is 6.09. The molecular formula is C22H30N4O4. The zero-order valence-electron chi connectivity index (χ0n) is 17.9. The summed E-state index contributed by atoms with van der Waals surface area (Å²) in [6, 6.07) is 6.46. The number of imide groups is 1. The van der Waals surface area contributed by atoms with Gasteiger partial charge in [0.15, 0.2) is 0 Å². The highest BCUT2D eigenvalue weighted by atomic mass is 16.5. The summed E-state index contributed by atoms with van der Waals surface area (Å²) in [6.07, 6.45) is 0. The molecule has 0 spiro atoms. The predicted molar refractivity (Wildman–Crippen MR) is 113 cm³/mol. The van der Waals surface area contributed by atoms with Gasteiger partial charge in [0.2, 0.25) is 5.91 Å². The summed E-state index contributed by atoms with van der Waals surface area (Å²) < 4.78 is 5.59. The third-order valence-electron chi connectivity index (χ3n) is 5.66. The molecule has 2 saturated heterocycles. The molecule has 30 heavy (non-hydrogen) atoms. The standard InChI is InChI=1S/C22H30N4O4/c1-5-24-10-12-25(13-11-24)19(27)14-26-20(28)22(4,23-21(26)29)17-6-8-18(9-7-17)30-15-16(2)3/h6-9H,2,5,10-15H2,1,3-4H3,(H,23,29). The first-order valence-electron chi connectivity index (χ1n) is 10.3. The number of hydrogen-bond acceptors (Lipinski definition) is 5. The van der Waals surface area contributed by atoms with Crippen LogP contribution in [-0.4, -0.2) is 78.4 Å². The zero-order chi connectivity index (χ0) is 21.9. The molecule has 2 aliphatic heterocycles. The Morgan fingerprint density at radius 2 is 1.80 bits per heavy atom. The van der Waals surface area contributed by atoms with E-state index in [1.165, 1.54) is 0 Å². The van der Waals surface area contributed by atoms with Crippen molar-refractivity contribution in [3.05, 3.63) is 42.0 Å². The van der Waals surface area contributed by atoms with Crippen molar-refractivity contribution in [1.29, 1.82) is 0 Å². The van der Waals surface area contributed by atoms with Gasteiger partial charge in [0, 0.05) is 26.2 Å². The lowest BCUT2D eigenvalue weighted by Gasteiger charge is -2.34. The van der Waals surface area contributed by atoms with Crippen LogP contribution in [0.25, 0.3) is 0 Å². The van der Waals surface area contributed by atoms with Crippen LogP contribution in [0.3, 0.4) is 0 Å². The maximum absolute atomic E-state index is 13.1. The van der Waals surface area contributed by atoms with Gasteiger partial charge in [-0.3, -0.25) is 14.5 Å². The minimum atomic E-state index is -1.22. The van der Waals surface area contributed by atoms with E-state index in [1.807, 2.05) is 6.92 Å². The second-order valence-corrected chi connectivity index (χ2v) is 8.03. The first-order chi connectivity index (χ1) is 14.2. The molecule has 2 fully saturated rings. The first-order valence-corrected chi connectivity index (χ1v) is 10.3. The molecule has 162 valence electrons. The lowest BCUT2D eigenvalue weighted by molar-refractivity contribution is -0.139. The van der Waals surface area contributed by atoms with E-state index in [2.05, 4.69) is 23.7 Å². The molecule has 0 radical (unpaired) electrons. The highest BCUT2D eigenvalue weighted by Gasteiger charge is 2.49. The number of amides is 4. The fourth-order valence-electron chi connectivity index (χ4n) is 3.68. The second kappa shape index (κ2) is 8.87. The van der Waals surface area contributed by atoms with Crippen LogP contribution in [0, 0.1) is 0 Å². The summed E-state index contributed by atoms with van der Waals surface area (Å²) in [7, 11) is 0. The summed E-state index contributed by atoms with van der Waals surface area (Å²) in [5.41, 5.74) is 0.321. The van der Waals surface area contributed by atoms with Crippen LogP contribution < -0.4 is 10.1 Å². The lowest BCUT2D eigenvalue weighted by Crippen LogP contribution is -2.52. The van der Waals surface area contributed by atoms with Gasteiger partial charge in [-0.25, -0.2) is 4.79 Å². The van der Waals surface area contributed by atoms with Gasteiger partial charge in [0.25, 0.3) is 5.91 Å². The number of piperazine rings is 1. The second-order valence-electron chi connectivity index (χ2n) is 8.03. The molecule has 1 N–H and O–H groups in total. The normalized spacial score (nSPS) is 22.2. The van der Waals surface area contributed by atoms with Crippen molar-refractivity contribution >= 4 is 17.8 Å². The Hall–Kier alpha value is -2.87. The van der Waals surface area contributed by atoms with Gasteiger partial charge in [-0.05, 0) is 43.7 Å². The number of rotatable bonds is 7. The van der Waals surface area contributed by atoms with Crippen LogP contribution in [0.4, 0.5) is 4.79 Å². The molecule has 0 aromatic heterocycles. The summed E-state index contributed by atoms with van der Waals surface area (Å²) in [4.78, 5) is 43.3. The van der Waals surface area contributed by atoms with Gasteiger partial charge in [0.05, 0.1) is 0 Å². The van der Waals surface area contributed by atoms with Crippen LogP contribution in [0.2, 0.25) is 0 Å². The smallest absolute Gasteiger partial charge is 0.325 e. The molecule has 0 bridgehead atoms. The average molecular weight is 415 g/mol. The molecule has 3 rings (SSSR count). The number of carbonyl (C=O) groups excluding carboxylic acids is 3. The highest BCUT2D eigenvalue weighted by Crippen LogP contribution is 2.30. The van der Waals surface area contributed by atoms with E-state index >= 15 is 0 Å². The predicted octanol–water partition coefficient (Wildman–Crippen LogP) is 1.57. The van der Waals surface area contributed by atoms with E-state index in [9.17, 15) is 14.4 Å². The zero-order valence-corrected chi connectivity index (χ0v) is 17.9. The van der Waals surface area contributed by atoms with Gasteiger partial charge in [-0.2, -0.15) is 0 Å². The Labute approximate surface area is 177 Å². The largest absolute Gasteiger partial charge is 0.489 e. The molecule has 1 atom stereocenters. The molecule has 0 aliphatic carbocycles. The van der Waals surface area contributed by atoms with Gasteiger partial charge in [-0.15, -0.1) is 0 Å². The van der Waals surface area contributed by atoms with Crippen molar-refractivity contribution in [2.24, 2.45) is 0 Å². The van der Waals surface area contributed by atoms with E-state index in [0.717, 1.165) is 30.1 Å². The number of hydrogen-bond donors (Lipinski definition) is 1. The maximum atomic E-state index is 13.1. The van der Waals surface area contributed by atoms with Crippen molar-refractivity contribution in [2.75, 3.05) is 45.9 Å². The Morgan fingerprint density at radius 3 is 2.37 bits per heavy atom. The van der Waals surface area contributed by atoms with Crippen molar-refractivity contribution in [3.63, 3.8) is 0 Å². The van der Waals surface area contributed by atoms with Gasteiger partial charge in [0.1, 0.15) is 24.4 Å². The molecule has 4 amide bonds. The molecule has 0 saturated carbocycles. The van der Waals surface area contributed by atoms with Crippen molar-refractivity contribution in [1.82, 2.24) is 20.0 Å². The lowest BCUT2D eigenvalue weighted by atomic mass is 9.92. The molecule has 2 aliphatic rings. The minimum Gasteiger partial charge on any atom is -0.489 e. The quantitative estimate of drug-likeness (QED) is 0.541. The molecule has 2 heterocycles. The summed E-state index contributed by atoms with van der Waals surface area (Å²) in [5.74, 6) is 0.0195. The number of benzene rings is 1. The molecule has 8 heteroatoms. The molecule has 8 nitrogen and oxygen atoms in total. The van der Waals surface area contributed by atoms with E-state index < -0.39 is 17.5 Å². The third kappa shape index (κ3) is 4.48. The topological polar surface area (TPSA) is 82.2 Å². The summed E-state index contributed by atoms with van der Waals surface area (Å²) in [5, 5.41) is 2.74. The van der Waals surface area contributed by atoms with Crippen LogP contribution >= 0.6 is 0 Å². The number of nitrogens with zero attached hydrogens (tertiary/aromatic N) is 3. The fraction of sp³-hybridized carbons (Fsp3) is 0.500. The van der Waals surface area contributed by atoms with Gasteiger partial charge >= 0.3 is 6.03 Å². The minimum absolute atomic E-state index is 0.206. The van der Waals surface area contributed by atoms with E-state index in [4.69, 9.17) is 4.74 Å². The van der Waals surface area contributed by atoms with E-state index in [-0.39, 0.29) is 12.5 Å². The van der Waals surface area contributed by atoms with Crippen molar-refractivity contribution in [3.8, 4) is 5.75 Å². The average Bonchev–Trinajstić information content (AvgIpc) is 2.96. The van der Waals surface area contributed by atoms with Crippen LogP contribution in [0.15, 0.2) is 36.4 Å². The van der Waals surface area contributed by atoms with Crippen LogP contribution in [-0.2, 0) is 15.1 Å².